The zero-order valence-corrected chi connectivity index (χ0v) is 8.86. The summed E-state index contributed by atoms with van der Waals surface area (Å²) in [6.07, 6.45) is 1.41. The highest BCUT2D eigenvalue weighted by atomic mass is 79.9. The Bertz CT molecular complexity index is 449. The first-order valence-electron chi connectivity index (χ1n) is 3.85. The van der Waals surface area contributed by atoms with Gasteiger partial charge >= 0.3 is 0 Å². The quantitative estimate of drug-likeness (QED) is 0.782. The van der Waals surface area contributed by atoms with Crippen LogP contribution in [0.15, 0.2) is 22.9 Å². The van der Waals surface area contributed by atoms with Gasteiger partial charge in [0.2, 0.25) is 0 Å². The summed E-state index contributed by atoms with van der Waals surface area (Å²) >= 11 is 3.22. The van der Waals surface area contributed by atoms with Crippen molar-refractivity contribution in [1.82, 2.24) is 20.0 Å². The number of pyridine rings is 1. The first-order valence-corrected chi connectivity index (χ1v) is 4.65. The van der Waals surface area contributed by atoms with E-state index in [1.54, 1.807) is 7.05 Å². The number of aryl methyl sites for hydroxylation is 1. The van der Waals surface area contributed by atoms with Crippen LogP contribution in [0.1, 0.15) is 0 Å². The van der Waals surface area contributed by atoms with Crippen LogP contribution in [0.3, 0.4) is 0 Å². The van der Waals surface area contributed by atoms with Gasteiger partial charge in [0, 0.05) is 19.3 Å². The molecule has 2 heterocycles. The van der Waals surface area contributed by atoms with Crippen molar-refractivity contribution in [2.45, 2.75) is 0 Å². The summed E-state index contributed by atoms with van der Waals surface area (Å²) in [4.78, 5) is 4.03. The van der Waals surface area contributed by atoms with E-state index in [0.717, 1.165) is 0 Å². The number of rotatable bonds is 1. The molecule has 0 aliphatic rings. The van der Waals surface area contributed by atoms with E-state index in [4.69, 9.17) is 0 Å². The molecule has 0 unspecified atom stereocenters. The minimum absolute atomic E-state index is 0.330. The summed E-state index contributed by atoms with van der Waals surface area (Å²) in [6.45, 7) is 0. The maximum absolute atomic E-state index is 12.9. The van der Waals surface area contributed by atoms with E-state index in [2.05, 4.69) is 31.2 Å². The van der Waals surface area contributed by atoms with E-state index in [0.29, 0.717) is 16.0 Å². The lowest BCUT2D eigenvalue weighted by Gasteiger charge is -1.99. The van der Waals surface area contributed by atoms with Crippen LogP contribution in [-0.2, 0) is 7.05 Å². The third-order valence-electron chi connectivity index (χ3n) is 1.75. The van der Waals surface area contributed by atoms with E-state index in [-0.39, 0.29) is 5.82 Å². The number of nitrogens with zero attached hydrogens (tertiary/aromatic N) is 4. The van der Waals surface area contributed by atoms with Gasteiger partial charge in [-0.25, -0.2) is 9.07 Å². The molecule has 0 radical (unpaired) electrons. The number of aromatic nitrogens is 4. The maximum atomic E-state index is 12.9. The van der Waals surface area contributed by atoms with Gasteiger partial charge in [0.05, 0.1) is 5.69 Å². The molecule has 14 heavy (non-hydrogen) atoms. The summed E-state index contributed by atoms with van der Waals surface area (Å²) < 4.78 is 15.0. The molecular weight excluding hydrogens is 251 g/mol. The highest BCUT2D eigenvalue weighted by molar-refractivity contribution is 9.10. The van der Waals surface area contributed by atoms with Gasteiger partial charge in [0.15, 0.2) is 4.60 Å². The van der Waals surface area contributed by atoms with Crippen molar-refractivity contribution < 1.29 is 4.39 Å². The van der Waals surface area contributed by atoms with Crippen molar-refractivity contribution in [1.29, 1.82) is 0 Å². The van der Waals surface area contributed by atoms with Gasteiger partial charge in [-0.1, -0.05) is 5.21 Å². The minimum Gasteiger partial charge on any atom is -0.254 e. The topological polar surface area (TPSA) is 43.6 Å². The molecule has 0 aromatic carbocycles. The van der Waals surface area contributed by atoms with E-state index in [9.17, 15) is 4.39 Å². The summed E-state index contributed by atoms with van der Waals surface area (Å²) in [5.41, 5.74) is 1.16. The highest BCUT2D eigenvalue weighted by Crippen LogP contribution is 2.23. The van der Waals surface area contributed by atoms with Gasteiger partial charge in [-0.05, 0) is 22.0 Å². The molecule has 4 nitrogen and oxygen atoms in total. The summed E-state index contributed by atoms with van der Waals surface area (Å²) in [7, 11) is 1.72. The van der Waals surface area contributed by atoms with Crippen molar-refractivity contribution in [3.63, 3.8) is 0 Å². The molecule has 0 atom stereocenters. The Balaban J connectivity index is 2.59. The largest absolute Gasteiger partial charge is 0.254 e. The Morgan fingerprint density at radius 3 is 2.86 bits per heavy atom. The molecule has 0 saturated heterocycles. The van der Waals surface area contributed by atoms with E-state index >= 15 is 0 Å². The van der Waals surface area contributed by atoms with Crippen molar-refractivity contribution in [2.24, 2.45) is 7.05 Å². The Morgan fingerprint density at radius 2 is 2.29 bits per heavy atom. The molecule has 2 rings (SSSR count). The van der Waals surface area contributed by atoms with Gasteiger partial charge in [-0.3, -0.25) is 4.98 Å². The molecule has 2 aromatic rings. The molecular formula is C8H6BrFN4. The molecule has 0 spiro atoms. The van der Waals surface area contributed by atoms with Crippen LogP contribution in [-0.4, -0.2) is 20.0 Å². The molecule has 0 aliphatic heterocycles. The Kier molecular flexibility index (Phi) is 2.28. The lowest BCUT2D eigenvalue weighted by atomic mass is 10.3. The number of halogens is 2. The van der Waals surface area contributed by atoms with Gasteiger partial charge in [-0.15, -0.1) is 5.10 Å². The smallest absolute Gasteiger partial charge is 0.157 e. The average Bonchev–Trinajstić information content (AvgIpc) is 2.46. The molecule has 0 saturated carbocycles. The van der Waals surface area contributed by atoms with Crippen molar-refractivity contribution in [3.8, 4) is 11.4 Å². The van der Waals surface area contributed by atoms with Crippen molar-refractivity contribution in [3.05, 3.63) is 28.7 Å². The zero-order chi connectivity index (χ0) is 10.1. The van der Waals surface area contributed by atoms with Crippen LogP contribution in [0.2, 0.25) is 0 Å². The molecule has 0 amide bonds. The van der Waals surface area contributed by atoms with Crippen LogP contribution in [0.5, 0.6) is 0 Å². The van der Waals surface area contributed by atoms with Gasteiger partial charge in [0.25, 0.3) is 0 Å². The Hall–Kier alpha value is -1.30. The lowest BCUT2D eigenvalue weighted by Crippen LogP contribution is -1.96. The molecule has 72 valence electrons. The zero-order valence-electron chi connectivity index (χ0n) is 7.28. The third-order valence-corrected chi connectivity index (χ3v) is 2.28. The molecule has 0 fully saturated rings. The van der Waals surface area contributed by atoms with Gasteiger partial charge in [0.1, 0.15) is 11.5 Å². The Morgan fingerprint density at radius 1 is 1.50 bits per heavy atom. The van der Waals surface area contributed by atoms with E-state index < -0.39 is 0 Å². The number of hydrogen-bond donors (Lipinski definition) is 0. The molecule has 0 bridgehead atoms. The fraction of sp³-hybridized carbons (Fsp3) is 0.125. The van der Waals surface area contributed by atoms with Crippen LogP contribution < -0.4 is 0 Å². The van der Waals surface area contributed by atoms with E-state index in [1.165, 1.54) is 23.0 Å². The second-order valence-corrected chi connectivity index (χ2v) is 3.46. The van der Waals surface area contributed by atoms with E-state index in [1.807, 2.05) is 0 Å². The molecule has 0 N–H and O–H groups in total. The van der Waals surface area contributed by atoms with Crippen molar-refractivity contribution >= 4 is 15.9 Å². The SMILES string of the molecule is Cn1nnc(Br)c1-c1cc(F)ccn1. The fourth-order valence-electron chi connectivity index (χ4n) is 1.14. The van der Waals surface area contributed by atoms with Gasteiger partial charge < -0.3 is 0 Å². The fourth-order valence-corrected chi connectivity index (χ4v) is 1.67. The van der Waals surface area contributed by atoms with Crippen LogP contribution in [0.4, 0.5) is 4.39 Å². The third kappa shape index (κ3) is 1.52. The molecule has 0 aliphatic carbocycles. The summed E-state index contributed by atoms with van der Waals surface area (Å²) in [6, 6.07) is 2.63. The summed E-state index contributed by atoms with van der Waals surface area (Å²) in [5, 5.41) is 7.57. The molecule has 2 aromatic heterocycles. The number of hydrogen-bond acceptors (Lipinski definition) is 3. The maximum Gasteiger partial charge on any atom is 0.157 e. The minimum atomic E-state index is -0.330. The highest BCUT2D eigenvalue weighted by Gasteiger charge is 2.11. The van der Waals surface area contributed by atoms with Crippen molar-refractivity contribution in [2.75, 3.05) is 0 Å². The van der Waals surface area contributed by atoms with Gasteiger partial charge in [-0.2, -0.15) is 0 Å². The standard InChI is InChI=1S/C8H6BrFN4/c1-14-7(8(9)12-13-14)6-4-5(10)2-3-11-6/h2-4H,1H3. The van der Waals surface area contributed by atoms with Crippen LogP contribution >= 0.6 is 15.9 Å². The predicted molar refractivity (Wildman–Crippen MR) is 51.9 cm³/mol. The van der Waals surface area contributed by atoms with Crippen LogP contribution in [0, 0.1) is 5.82 Å². The van der Waals surface area contributed by atoms with Crippen LogP contribution in [0.25, 0.3) is 11.4 Å². The normalized spacial score (nSPS) is 10.5. The second-order valence-electron chi connectivity index (χ2n) is 2.71. The predicted octanol–water partition coefficient (Wildman–Crippen LogP) is 1.78. The monoisotopic (exact) mass is 256 g/mol. The first kappa shape index (κ1) is 9.26. The first-order chi connectivity index (χ1) is 6.68. The lowest BCUT2D eigenvalue weighted by molar-refractivity contribution is 0.625. The summed E-state index contributed by atoms with van der Waals surface area (Å²) in [5.74, 6) is -0.330. The Labute approximate surface area is 87.9 Å². The molecule has 6 heteroatoms. The second kappa shape index (κ2) is 3.45. The average molecular weight is 257 g/mol.